The number of rotatable bonds is 7. The van der Waals surface area contributed by atoms with Gasteiger partial charge in [-0.05, 0) is 42.8 Å². The first-order chi connectivity index (χ1) is 11.7. The van der Waals surface area contributed by atoms with Gasteiger partial charge in [-0.15, -0.1) is 0 Å². The number of carbonyl (C=O) groups excluding carboxylic acids is 1. The molecule has 3 aromatic rings. The number of nitrogens with zero attached hydrogens (tertiary/aromatic N) is 1. The van der Waals surface area contributed by atoms with Crippen LogP contribution in [0.5, 0.6) is 11.5 Å². The number of thiazole rings is 1. The van der Waals surface area contributed by atoms with Gasteiger partial charge in [-0.2, -0.15) is 0 Å². The maximum atomic E-state index is 12.0. The molecule has 5 nitrogen and oxygen atoms in total. The zero-order chi connectivity index (χ0) is 16.8. The Bertz CT molecular complexity index is 782. The lowest BCUT2D eigenvalue weighted by Gasteiger charge is -2.07. The highest BCUT2D eigenvalue weighted by Crippen LogP contribution is 2.25. The lowest BCUT2D eigenvalue weighted by molar-refractivity contribution is -0.118. The first kappa shape index (κ1) is 16.3. The third kappa shape index (κ3) is 4.23. The molecule has 0 spiro atoms. The average molecular weight is 342 g/mol. The molecule has 2 aromatic carbocycles. The Hall–Kier alpha value is -2.60. The summed E-state index contributed by atoms with van der Waals surface area (Å²) in [7, 11) is 0. The number of fused-ring (bicyclic) bond motifs is 1. The van der Waals surface area contributed by atoms with Crippen LogP contribution in [0.3, 0.4) is 0 Å². The fourth-order valence-electron chi connectivity index (χ4n) is 2.08. The molecule has 1 aromatic heterocycles. The smallest absolute Gasteiger partial charge is 0.264 e. The molecule has 0 saturated carbocycles. The maximum absolute atomic E-state index is 12.0. The molecule has 3 rings (SSSR count). The Morgan fingerprint density at radius 2 is 1.79 bits per heavy atom. The number of hydrogen-bond acceptors (Lipinski definition) is 5. The molecular formula is C18H18N2O3S. The normalized spacial score (nSPS) is 10.5. The molecule has 0 aliphatic carbocycles. The Morgan fingerprint density at radius 3 is 2.50 bits per heavy atom. The van der Waals surface area contributed by atoms with E-state index in [2.05, 4.69) is 17.2 Å². The van der Waals surface area contributed by atoms with Gasteiger partial charge in [-0.3, -0.25) is 10.1 Å². The summed E-state index contributed by atoms with van der Waals surface area (Å²) in [5.74, 6) is 1.18. The highest BCUT2D eigenvalue weighted by atomic mass is 32.1. The molecule has 0 bridgehead atoms. The number of hydrogen-bond donors (Lipinski definition) is 1. The van der Waals surface area contributed by atoms with Crippen LogP contribution in [0.15, 0.2) is 48.5 Å². The van der Waals surface area contributed by atoms with E-state index in [-0.39, 0.29) is 12.5 Å². The molecule has 1 heterocycles. The van der Waals surface area contributed by atoms with E-state index in [1.807, 2.05) is 36.4 Å². The summed E-state index contributed by atoms with van der Waals surface area (Å²) in [5.41, 5.74) is 0.876. The third-order valence-electron chi connectivity index (χ3n) is 3.21. The lowest BCUT2D eigenvalue weighted by Crippen LogP contribution is -2.19. The SMILES string of the molecule is CCCOc1ccc(OCC(=O)Nc2nc3ccccc3s2)cc1. The zero-order valence-electron chi connectivity index (χ0n) is 13.3. The topological polar surface area (TPSA) is 60.5 Å². The summed E-state index contributed by atoms with van der Waals surface area (Å²) in [5, 5.41) is 3.34. The predicted molar refractivity (Wildman–Crippen MR) is 96.0 cm³/mol. The number of amides is 1. The first-order valence-electron chi connectivity index (χ1n) is 7.75. The minimum absolute atomic E-state index is 0.0644. The monoisotopic (exact) mass is 342 g/mol. The van der Waals surface area contributed by atoms with E-state index in [4.69, 9.17) is 9.47 Å². The van der Waals surface area contributed by atoms with Crippen LogP contribution in [0, 0.1) is 0 Å². The largest absolute Gasteiger partial charge is 0.494 e. The molecule has 1 amide bonds. The molecule has 0 saturated heterocycles. The van der Waals surface area contributed by atoms with Crippen LogP contribution in [0.4, 0.5) is 5.13 Å². The Kier molecular flexibility index (Phi) is 5.28. The number of para-hydroxylation sites is 1. The van der Waals surface area contributed by atoms with Crippen molar-refractivity contribution in [1.29, 1.82) is 0 Å². The molecule has 0 fully saturated rings. The number of benzene rings is 2. The maximum Gasteiger partial charge on any atom is 0.264 e. The van der Waals surface area contributed by atoms with Crippen molar-refractivity contribution in [2.24, 2.45) is 0 Å². The standard InChI is InChI=1S/C18H18N2O3S/c1-2-11-22-13-7-9-14(10-8-13)23-12-17(21)20-18-19-15-5-3-4-6-16(15)24-18/h3-10H,2,11-12H2,1H3,(H,19,20,21). The van der Waals surface area contributed by atoms with Crippen LogP contribution >= 0.6 is 11.3 Å². The molecule has 124 valence electrons. The van der Waals surface area contributed by atoms with Gasteiger partial charge in [0.1, 0.15) is 11.5 Å². The van der Waals surface area contributed by atoms with E-state index >= 15 is 0 Å². The molecule has 0 atom stereocenters. The average Bonchev–Trinajstić information content (AvgIpc) is 3.01. The van der Waals surface area contributed by atoms with Crippen LogP contribution in [-0.2, 0) is 4.79 Å². The summed E-state index contributed by atoms with van der Waals surface area (Å²) in [6.07, 6.45) is 0.962. The van der Waals surface area contributed by atoms with Crippen molar-refractivity contribution < 1.29 is 14.3 Å². The van der Waals surface area contributed by atoms with E-state index in [1.165, 1.54) is 11.3 Å². The van der Waals surface area contributed by atoms with Gasteiger partial charge in [0, 0.05) is 0 Å². The van der Waals surface area contributed by atoms with E-state index in [1.54, 1.807) is 12.1 Å². The van der Waals surface area contributed by atoms with Crippen molar-refractivity contribution in [3.8, 4) is 11.5 Å². The second kappa shape index (κ2) is 7.79. The van der Waals surface area contributed by atoms with Gasteiger partial charge >= 0.3 is 0 Å². The van der Waals surface area contributed by atoms with E-state index in [0.29, 0.717) is 17.5 Å². The van der Waals surface area contributed by atoms with Crippen molar-refractivity contribution in [2.75, 3.05) is 18.5 Å². The van der Waals surface area contributed by atoms with Crippen LogP contribution < -0.4 is 14.8 Å². The van der Waals surface area contributed by atoms with E-state index in [9.17, 15) is 4.79 Å². The molecule has 0 unspecified atom stereocenters. The Labute approximate surface area is 144 Å². The summed E-state index contributed by atoms with van der Waals surface area (Å²) in [6.45, 7) is 2.68. The van der Waals surface area contributed by atoms with E-state index < -0.39 is 0 Å². The fourth-order valence-corrected chi connectivity index (χ4v) is 2.96. The van der Waals surface area contributed by atoms with Gasteiger partial charge in [-0.1, -0.05) is 30.4 Å². The molecule has 6 heteroatoms. The lowest BCUT2D eigenvalue weighted by atomic mass is 10.3. The summed E-state index contributed by atoms with van der Waals surface area (Å²) >= 11 is 1.44. The van der Waals surface area contributed by atoms with Crippen molar-refractivity contribution >= 4 is 32.6 Å². The van der Waals surface area contributed by atoms with Gasteiger partial charge < -0.3 is 9.47 Å². The zero-order valence-corrected chi connectivity index (χ0v) is 14.1. The second-order valence-corrected chi connectivity index (χ2v) is 6.17. The number of nitrogens with one attached hydrogen (secondary N) is 1. The third-order valence-corrected chi connectivity index (χ3v) is 4.16. The summed E-state index contributed by atoms with van der Waals surface area (Å²) in [4.78, 5) is 16.3. The van der Waals surface area contributed by atoms with Crippen LogP contribution in [0.25, 0.3) is 10.2 Å². The molecular weight excluding hydrogens is 324 g/mol. The van der Waals surface area contributed by atoms with Crippen LogP contribution in [-0.4, -0.2) is 24.1 Å². The second-order valence-electron chi connectivity index (χ2n) is 5.14. The molecule has 0 aliphatic heterocycles. The highest BCUT2D eigenvalue weighted by Gasteiger charge is 2.08. The van der Waals surface area contributed by atoms with Crippen molar-refractivity contribution in [2.45, 2.75) is 13.3 Å². The van der Waals surface area contributed by atoms with Crippen molar-refractivity contribution in [3.05, 3.63) is 48.5 Å². The molecule has 0 aliphatic rings. The Balaban J connectivity index is 1.51. The van der Waals surface area contributed by atoms with Crippen LogP contribution in [0.2, 0.25) is 0 Å². The number of ether oxygens (including phenoxy) is 2. The summed E-state index contributed by atoms with van der Waals surface area (Å²) < 4.78 is 12.0. The minimum atomic E-state index is -0.236. The first-order valence-corrected chi connectivity index (χ1v) is 8.57. The minimum Gasteiger partial charge on any atom is -0.494 e. The number of aromatic nitrogens is 1. The van der Waals surface area contributed by atoms with E-state index in [0.717, 1.165) is 22.4 Å². The quantitative estimate of drug-likeness (QED) is 0.702. The summed E-state index contributed by atoms with van der Waals surface area (Å²) in [6, 6.07) is 15.0. The van der Waals surface area contributed by atoms with Crippen molar-refractivity contribution in [3.63, 3.8) is 0 Å². The highest BCUT2D eigenvalue weighted by molar-refractivity contribution is 7.22. The fraction of sp³-hybridized carbons (Fsp3) is 0.222. The van der Waals surface area contributed by atoms with Gasteiger partial charge in [0.15, 0.2) is 11.7 Å². The van der Waals surface area contributed by atoms with Crippen molar-refractivity contribution in [1.82, 2.24) is 4.98 Å². The Morgan fingerprint density at radius 1 is 1.08 bits per heavy atom. The van der Waals surface area contributed by atoms with Gasteiger partial charge in [-0.25, -0.2) is 4.98 Å². The number of carbonyl (C=O) groups is 1. The predicted octanol–water partition coefficient (Wildman–Crippen LogP) is 4.10. The number of anilines is 1. The van der Waals surface area contributed by atoms with Gasteiger partial charge in [0.25, 0.3) is 5.91 Å². The molecule has 0 radical (unpaired) electrons. The van der Waals surface area contributed by atoms with Crippen LogP contribution in [0.1, 0.15) is 13.3 Å². The van der Waals surface area contributed by atoms with Gasteiger partial charge in [0.2, 0.25) is 0 Å². The molecule has 1 N–H and O–H groups in total. The molecule has 24 heavy (non-hydrogen) atoms. The van der Waals surface area contributed by atoms with Gasteiger partial charge in [0.05, 0.1) is 16.8 Å².